The Morgan fingerprint density at radius 1 is 1.45 bits per heavy atom. The molecular formula is C12H15N3O4S. The summed E-state index contributed by atoms with van der Waals surface area (Å²) in [4.78, 5) is 39.1. The maximum atomic E-state index is 11.8. The van der Waals surface area contributed by atoms with E-state index in [9.17, 15) is 14.4 Å². The fourth-order valence-electron chi connectivity index (χ4n) is 1.43. The minimum atomic E-state index is -1.05. The van der Waals surface area contributed by atoms with Gasteiger partial charge in [0.05, 0.1) is 11.2 Å². The summed E-state index contributed by atoms with van der Waals surface area (Å²) >= 11 is 1.15. The van der Waals surface area contributed by atoms with Gasteiger partial charge in [0.1, 0.15) is 4.88 Å². The van der Waals surface area contributed by atoms with Crippen LogP contribution in [0.3, 0.4) is 0 Å². The van der Waals surface area contributed by atoms with Crippen LogP contribution in [0.4, 0.5) is 4.79 Å². The first-order chi connectivity index (χ1) is 9.47. The van der Waals surface area contributed by atoms with E-state index in [1.807, 2.05) is 0 Å². The second-order valence-electron chi connectivity index (χ2n) is 4.55. The van der Waals surface area contributed by atoms with Crippen LogP contribution in [0.25, 0.3) is 0 Å². The molecule has 0 aromatic carbocycles. The number of hydrogen-bond donors (Lipinski definition) is 2. The molecule has 1 atom stereocenters. The van der Waals surface area contributed by atoms with Gasteiger partial charge in [0.25, 0.3) is 5.91 Å². The predicted molar refractivity (Wildman–Crippen MR) is 71.4 cm³/mol. The Bertz CT molecular complexity index is 539. The van der Waals surface area contributed by atoms with Gasteiger partial charge < -0.3 is 10.1 Å². The number of urea groups is 1. The van der Waals surface area contributed by atoms with E-state index in [1.165, 1.54) is 12.4 Å². The van der Waals surface area contributed by atoms with Crippen molar-refractivity contribution < 1.29 is 19.1 Å². The van der Waals surface area contributed by atoms with Gasteiger partial charge in [-0.25, -0.2) is 14.6 Å². The van der Waals surface area contributed by atoms with Gasteiger partial charge in [-0.3, -0.25) is 10.1 Å². The van der Waals surface area contributed by atoms with Crippen molar-refractivity contribution >= 4 is 29.2 Å². The van der Waals surface area contributed by atoms with Crippen molar-refractivity contribution in [3.63, 3.8) is 0 Å². The topological polar surface area (TPSA) is 97.4 Å². The highest BCUT2D eigenvalue weighted by molar-refractivity contribution is 7.11. The number of nitrogens with zero attached hydrogens (tertiary/aromatic N) is 1. The van der Waals surface area contributed by atoms with E-state index in [1.54, 1.807) is 6.92 Å². The van der Waals surface area contributed by atoms with Crippen molar-refractivity contribution in [2.45, 2.75) is 38.8 Å². The van der Waals surface area contributed by atoms with Gasteiger partial charge in [0.15, 0.2) is 6.10 Å². The molecule has 1 aromatic heterocycles. The third-order valence-electron chi connectivity index (χ3n) is 2.73. The summed E-state index contributed by atoms with van der Waals surface area (Å²) < 4.78 is 5.00. The highest BCUT2D eigenvalue weighted by Gasteiger charge is 2.26. The molecule has 1 aliphatic carbocycles. The quantitative estimate of drug-likeness (QED) is 0.808. The lowest BCUT2D eigenvalue weighted by atomic mass is 10.3. The van der Waals surface area contributed by atoms with Crippen molar-refractivity contribution in [3.05, 3.63) is 16.1 Å². The first kappa shape index (κ1) is 14.4. The number of carbonyl (C=O) groups is 3. The van der Waals surface area contributed by atoms with Gasteiger partial charge in [-0.2, -0.15) is 0 Å². The van der Waals surface area contributed by atoms with Crippen molar-refractivity contribution in [2.75, 3.05) is 0 Å². The standard InChI is InChI=1S/C12H15N3O4S/c1-6-9(20-5-13-6)11(17)19-7(2)10(16)15-12(18)14-8-3-4-8/h5,7-8H,3-4H2,1-2H3,(H2,14,15,16,18)/t7-/m1/s1. The molecule has 2 N–H and O–H groups in total. The molecule has 0 unspecified atom stereocenters. The van der Waals surface area contributed by atoms with Crippen LogP contribution >= 0.6 is 11.3 Å². The number of esters is 1. The van der Waals surface area contributed by atoms with Crippen LogP contribution in [0.15, 0.2) is 5.51 Å². The molecule has 7 nitrogen and oxygen atoms in total. The van der Waals surface area contributed by atoms with Crippen LogP contribution < -0.4 is 10.6 Å². The number of hydrogen-bond acceptors (Lipinski definition) is 6. The molecule has 20 heavy (non-hydrogen) atoms. The molecule has 1 fully saturated rings. The molecule has 3 amide bonds. The highest BCUT2D eigenvalue weighted by atomic mass is 32.1. The molecule has 2 rings (SSSR count). The third kappa shape index (κ3) is 3.77. The minimum absolute atomic E-state index is 0.153. The fraction of sp³-hybridized carbons (Fsp3) is 0.500. The summed E-state index contributed by atoms with van der Waals surface area (Å²) in [7, 11) is 0. The Kier molecular flexibility index (Phi) is 4.33. The number of carbonyl (C=O) groups excluding carboxylic acids is 3. The Morgan fingerprint density at radius 3 is 2.70 bits per heavy atom. The lowest BCUT2D eigenvalue weighted by molar-refractivity contribution is -0.127. The van der Waals surface area contributed by atoms with Gasteiger partial charge in [0, 0.05) is 6.04 Å². The normalized spacial score (nSPS) is 15.3. The number of aromatic nitrogens is 1. The van der Waals surface area contributed by atoms with E-state index in [0.29, 0.717) is 10.6 Å². The van der Waals surface area contributed by atoms with Gasteiger partial charge in [-0.05, 0) is 26.7 Å². The van der Waals surface area contributed by atoms with E-state index in [4.69, 9.17) is 4.74 Å². The Labute approximate surface area is 119 Å². The Morgan fingerprint density at radius 2 is 2.15 bits per heavy atom. The first-order valence-corrected chi connectivity index (χ1v) is 7.07. The molecule has 1 aliphatic rings. The zero-order valence-electron chi connectivity index (χ0n) is 11.1. The van der Waals surface area contributed by atoms with Crippen molar-refractivity contribution in [2.24, 2.45) is 0 Å². The van der Waals surface area contributed by atoms with E-state index in [0.717, 1.165) is 24.2 Å². The van der Waals surface area contributed by atoms with Crippen LogP contribution in [-0.2, 0) is 9.53 Å². The lowest BCUT2D eigenvalue weighted by Crippen LogP contribution is -2.45. The molecule has 0 bridgehead atoms. The summed E-state index contributed by atoms with van der Waals surface area (Å²) in [5.41, 5.74) is 2.08. The SMILES string of the molecule is Cc1ncsc1C(=O)O[C@H](C)C(=O)NC(=O)NC1CC1. The largest absolute Gasteiger partial charge is 0.448 e. The number of amides is 3. The monoisotopic (exact) mass is 297 g/mol. The molecule has 8 heteroatoms. The van der Waals surface area contributed by atoms with Crippen LogP contribution in [0.2, 0.25) is 0 Å². The predicted octanol–water partition coefficient (Wildman–Crippen LogP) is 0.985. The second-order valence-corrected chi connectivity index (χ2v) is 5.41. The van der Waals surface area contributed by atoms with Crippen molar-refractivity contribution in [1.29, 1.82) is 0 Å². The van der Waals surface area contributed by atoms with E-state index in [2.05, 4.69) is 15.6 Å². The Balaban J connectivity index is 1.82. The molecule has 1 saturated carbocycles. The number of ether oxygens (including phenoxy) is 1. The molecule has 0 saturated heterocycles. The molecule has 1 heterocycles. The first-order valence-electron chi connectivity index (χ1n) is 6.20. The van der Waals surface area contributed by atoms with Crippen molar-refractivity contribution in [1.82, 2.24) is 15.6 Å². The molecular weight excluding hydrogens is 282 g/mol. The van der Waals surface area contributed by atoms with Gasteiger partial charge in [-0.15, -0.1) is 11.3 Å². The molecule has 0 spiro atoms. The molecule has 0 aliphatic heterocycles. The second kappa shape index (κ2) is 6.00. The summed E-state index contributed by atoms with van der Waals surface area (Å²) in [6, 6.07) is -0.408. The van der Waals surface area contributed by atoms with E-state index >= 15 is 0 Å². The number of rotatable bonds is 4. The van der Waals surface area contributed by atoms with Gasteiger partial charge in [0.2, 0.25) is 0 Å². The van der Waals surface area contributed by atoms with Crippen molar-refractivity contribution in [3.8, 4) is 0 Å². The molecule has 108 valence electrons. The number of aryl methyl sites for hydroxylation is 1. The Hall–Kier alpha value is -1.96. The summed E-state index contributed by atoms with van der Waals surface area (Å²) in [6.07, 6.45) is 0.808. The maximum absolute atomic E-state index is 11.8. The number of nitrogens with one attached hydrogen (secondary N) is 2. The zero-order chi connectivity index (χ0) is 14.7. The average Bonchev–Trinajstić information content (AvgIpc) is 3.07. The fourth-order valence-corrected chi connectivity index (χ4v) is 2.11. The van der Waals surface area contributed by atoms with Crippen LogP contribution in [0.1, 0.15) is 35.1 Å². The van der Waals surface area contributed by atoms with Crippen LogP contribution in [0.5, 0.6) is 0 Å². The zero-order valence-corrected chi connectivity index (χ0v) is 12.0. The number of thiazole rings is 1. The maximum Gasteiger partial charge on any atom is 0.351 e. The smallest absolute Gasteiger partial charge is 0.351 e. The highest BCUT2D eigenvalue weighted by Crippen LogP contribution is 2.18. The summed E-state index contributed by atoms with van der Waals surface area (Å²) in [5.74, 6) is -1.27. The van der Waals surface area contributed by atoms with E-state index < -0.39 is 24.0 Å². The van der Waals surface area contributed by atoms with Gasteiger partial charge >= 0.3 is 12.0 Å². The third-order valence-corrected chi connectivity index (χ3v) is 3.64. The summed E-state index contributed by atoms with van der Waals surface area (Å²) in [6.45, 7) is 3.09. The minimum Gasteiger partial charge on any atom is -0.448 e. The van der Waals surface area contributed by atoms with Crippen LogP contribution in [0, 0.1) is 6.92 Å². The van der Waals surface area contributed by atoms with E-state index in [-0.39, 0.29) is 6.04 Å². The van der Waals surface area contributed by atoms with Crippen LogP contribution in [-0.4, -0.2) is 35.0 Å². The average molecular weight is 297 g/mol. The number of imide groups is 1. The van der Waals surface area contributed by atoms with Gasteiger partial charge in [-0.1, -0.05) is 0 Å². The summed E-state index contributed by atoms with van der Waals surface area (Å²) in [5, 5.41) is 4.75. The lowest BCUT2D eigenvalue weighted by Gasteiger charge is -2.12. The molecule has 0 radical (unpaired) electrons. The molecule has 1 aromatic rings.